The second kappa shape index (κ2) is 45.6. The highest BCUT2D eigenvalue weighted by Crippen LogP contribution is 2.38. The van der Waals surface area contributed by atoms with Gasteiger partial charge in [0.15, 0.2) is 0 Å². The van der Waals surface area contributed by atoms with Crippen molar-refractivity contribution in [2.45, 2.75) is 251 Å². The Balaban J connectivity index is 3.90. The molecule has 0 radical (unpaired) electrons. The number of aliphatic hydroxyl groups excluding tert-OH is 1. The fourth-order valence-corrected chi connectivity index (χ4v) is 8.26. The molecule has 0 saturated heterocycles. The average Bonchev–Trinajstić information content (AvgIpc) is 3.24. The summed E-state index contributed by atoms with van der Waals surface area (Å²) in [5, 5.41) is 13.7. The first kappa shape index (κ1) is 61.5. The van der Waals surface area contributed by atoms with Crippen molar-refractivity contribution in [2.24, 2.45) is 0 Å². The van der Waals surface area contributed by atoms with Crippen LogP contribution in [0.2, 0.25) is 0 Å². The van der Waals surface area contributed by atoms with Crippen molar-refractivity contribution in [3.63, 3.8) is 0 Å². The number of carbonyl (C=O) groups excluding carboxylic acids is 1. The molecule has 370 valence electrons. The first-order chi connectivity index (χ1) is 30.5. The number of hydrogen-bond donors (Lipinski definition) is 2. The van der Waals surface area contributed by atoms with Gasteiger partial charge in [0.25, 0.3) is 7.82 Å². The van der Waals surface area contributed by atoms with Crippen LogP contribution in [0.1, 0.15) is 239 Å². The van der Waals surface area contributed by atoms with E-state index < -0.39 is 26.6 Å². The quantitative estimate of drug-likeness (QED) is 0.0272. The monoisotopic (exact) mass is 907 g/mol. The van der Waals surface area contributed by atoms with Gasteiger partial charge in [-0.15, -0.1) is 0 Å². The summed E-state index contributed by atoms with van der Waals surface area (Å²) in [6.45, 7) is 4.54. The first-order valence-electron chi connectivity index (χ1n) is 26.5. The summed E-state index contributed by atoms with van der Waals surface area (Å²) < 4.78 is 23.1. The molecule has 9 heteroatoms. The second-order valence-electron chi connectivity index (χ2n) is 19.2. The van der Waals surface area contributed by atoms with Gasteiger partial charge in [-0.05, 0) is 57.8 Å². The molecule has 8 nitrogen and oxygen atoms in total. The van der Waals surface area contributed by atoms with Crippen molar-refractivity contribution in [3.8, 4) is 0 Å². The van der Waals surface area contributed by atoms with E-state index in [2.05, 4.69) is 55.6 Å². The van der Waals surface area contributed by atoms with E-state index in [4.69, 9.17) is 9.05 Å². The molecular formula is C54H103N2O6P. The Hall–Kier alpha value is -1.54. The van der Waals surface area contributed by atoms with Gasteiger partial charge in [-0.1, -0.05) is 223 Å². The number of amides is 1. The van der Waals surface area contributed by atoms with Crippen molar-refractivity contribution in [1.29, 1.82) is 0 Å². The molecule has 0 aromatic heterocycles. The van der Waals surface area contributed by atoms with Crippen LogP contribution in [-0.4, -0.2) is 68.5 Å². The fraction of sp³-hybridized carbons (Fsp3) is 0.833. The van der Waals surface area contributed by atoms with Gasteiger partial charge in [0.2, 0.25) is 5.91 Å². The summed E-state index contributed by atoms with van der Waals surface area (Å²) in [5.74, 6) is -0.209. The normalized spacial score (nSPS) is 14.5. The van der Waals surface area contributed by atoms with Crippen LogP contribution >= 0.6 is 7.82 Å². The SMILES string of the molecule is CCCC/C=C/CC/C=C/C(O)C(COP(=O)([O-])OCC[N+](C)(C)C)NC(=O)CCCCCCCCCCCCCCCCCCCCCCC/C=C\C/C=C\CCCCCCC. The fourth-order valence-electron chi connectivity index (χ4n) is 7.54. The number of nitrogens with zero attached hydrogens (tertiary/aromatic N) is 1. The van der Waals surface area contributed by atoms with E-state index in [0.29, 0.717) is 17.4 Å². The smallest absolute Gasteiger partial charge is 0.268 e. The highest BCUT2D eigenvalue weighted by Gasteiger charge is 2.23. The number of likely N-dealkylation sites (N-methyl/N-ethyl adjacent to an activating group) is 1. The average molecular weight is 907 g/mol. The zero-order chi connectivity index (χ0) is 46.4. The van der Waals surface area contributed by atoms with E-state index in [-0.39, 0.29) is 12.5 Å². The molecular weight excluding hydrogens is 804 g/mol. The minimum Gasteiger partial charge on any atom is -0.756 e. The Labute approximate surface area is 390 Å². The van der Waals surface area contributed by atoms with Crippen LogP contribution in [0.5, 0.6) is 0 Å². The molecule has 0 aliphatic carbocycles. The van der Waals surface area contributed by atoms with E-state index in [0.717, 1.165) is 44.9 Å². The highest BCUT2D eigenvalue weighted by atomic mass is 31.2. The predicted octanol–water partition coefficient (Wildman–Crippen LogP) is 15.0. The van der Waals surface area contributed by atoms with Crippen molar-refractivity contribution in [1.82, 2.24) is 5.32 Å². The third kappa shape index (κ3) is 48.2. The lowest BCUT2D eigenvalue weighted by atomic mass is 10.0. The Bertz CT molecular complexity index is 1170. The molecule has 63 heavy (non-hydrogen) atoms. The van der Waals surface area contributed by atoms with Gasteiger partial charge in [0.05, 0.1) is 39.9 Å². The van der Waals surface area contributed by atoms with E-state index in [9.17, 15) is 19.4 Å². The number of quaternary nitrogens is 1. The van der Waals surface area contributed by atoms with E-state index in [1.807, 2.05) is 27.2 Å². The van der Waals surface area contributed by atoms with E-state index in [1.165, 1.54) is 173 Å². The number of hydrogen-bond acceptors (Lipinski definition) is 6. The topological polar surface area (TPSA) is 108 Å². The highest BCUT2D eigenvalue weighted by molar-refractivity contribution is 7.45. The lowest BCUT2D eigenvalue weighted by Crippen LogP contribution is -2.45. The summed E-state index contributed by atoms with van der Waals surface area (Å²) in [6, 6.07) is -0.899. The van der Waals surface area contributed by atoms with Gasteiger partial charge in [0, 0.05) is 6.42 Å². The third-order valence-corrected chi connectivity index (χ3v) is 12.7. The molecule has 0 heterocycles. The van der Waals surface area contributed by atoms with Gasteiger partial charge < -0.3 is 28.8 Å². The van der Waals surface area contributed by atoms with E-state index in [1.54, 1.807) is 6.08 Å². The first-order valence-corrected chi connectivity index (χ1v) is 28.0. The number of carbonyl (C=O) groups is 1. The largest absolute Gasteiger partial charge is 0.756 e. The molecule has 0 fully saturated rings. The number of phosphoric acid groups is 1. The number of unbranched alkanes of at least 4 members (excludes halogenated alkanes) is 29. The van der Waals surface area contributed by atoms with Gasteiger partial charge in [-0.25, -0.2) is 0 Å². The number of phosphoric ester groups is 1. The molecule has 3 atom stereocenters. The minimum atomic E-state index is -4.59. The van der Waals surface area contributed by atoms with Gasteiger partial charge >= 0.3 is 0 Å². The van der Waals surface area contributed by atoms with Gasteiger partial charge in [-0.2, -0.15) is 0 Å². The summed E-state index contributed by atoms with van der Waals surface area (Å²) in [5.41, 5.74) is 0. The maximum Gasteiger partial charge on any atom is 0.268 e. The Morgan fingerprint density at radius 1 is 0.556 bits per heavy atom. The molecule has 0 spiro atoms. The third-order valence-electron chi connectivity index (χ3n) is 11.8. The lowest BCUT2D eigenvalue weighted by molar-refractivity contribution is -0.870. The summed E-state index contributed by atoms with van der Waals surface area (Å²) in [7, 11) is 1.24. The zero-order valence-corrected chi connectivity index (χ0v) is 42.9. The second-order valence-corrected chi connectivity index (χ2v) is 20.6. The van der Waals surface area contributed by atoms with Crippen LogP contribution < -0.4 is 10.2 Å². The van der Waals surface area contributed by atoms with Crippen LogP contribution in [-0.2, 0) is 18.4 Å². The van der Waals surface area contributed by atoms with E-state index >= 15 is 0 Å². The maximum atomic E-state index is 12.8. The van der Waals surface area contributed by atoms with Crippen LogP contribution in [0.25, 0.3) is 0 Å². The van der Waals surface area contributed by atoms with Gasteiger partial charge in [0.1, 0.15) is 13.2 Å². The number of aliphatic hydroxyl groups is 1. The minimum absolute atomic E-state index is 0.00644. The maximum absolute atomic E-state index is 12.8. The molecule has 0 saturated carbocycles. The van der Waals surface area contributed by atoms with Crippen molar-refractivity contribution in [3.05, 3.63) is 48.6 Å². The molecule has 0 rings (SSSR count). The summed E-state index contributed by atoms with van der Waals surface area (Å²) in [4.78, 5) is 25.3. The Morgan fingerprint density at radius 2 is 0.952 bits per heavy atom. The van der Waals surface area contributed by atoms with Crippen LogP contribution in [0.3, 0.4) is 0 Å². The Morgan fingerprint density at radius 3 is 1.43 bits per heavy atom. The lowest BCUT2D eigenvalue weighted by Gasteiger charge is -2.29. The van der Waals surface area contributed by atoms with Crippen LogP contribution in [0.15, 0.2) is 48.6 Å². The van der Waals surface area contributed by atoms with Crippen molar-refractivity contribution < 1.29 is 32.9 Å². The molecule has 0 bridgehead atoms. The molecule has 2 N–H and O–H groups in total. The number of rotatable bonds is 48. The molecule has 0 aliphatic heterocycles. The molecule has 0 aromatic rings. The van der Waals surface area contributed by atoms with Gasteiger partial charge in [-0.3, -0.25) is 9.36 Å². The van der Waals surface area contributed by atoms with Crippen molar-refractivity contribution >= 4 is 13.7 Å². The molecule has 0 aromatic carbocycles. The Kier molecular flexibility index (Phi) is 44.5. The summed E-state index contributed by atoms with van der Waals surface area (Å²) >= 11 is 0. The van der Waals surface area contributed by atoms with Crippen molar-refractivity contribution in [2.75, 3.05) is 40.9 Å². The van der Waals surface area contributed by atoms with Crippen LogP contribution in [0, 0.1) is 0 Å². The van der Waals surface area contributed by atoms with Crippen LogP contribution in [0.4, 0.5) is 0 Å². The summed E-state index contributed by atoms with van der Waals surface area (Å²) in [6.07, 6.45) is 59.4. The number of nitrogens with one attached hydrogen (secondary N) is 1. The molecule has 0 aliphatic rings. The zero-order valence-electron chi connectivity index (χ0n) is 42.0. The number of allylic oxidation sites excluding steroid dienone is 7. The molecule has 1 amide bonds. The predicted molar refractivity (Wildman–Crippen MR) is 270 cm³/mol. The standard InChI is InChI=1S/C54H103N2O6P/c1-6-8-10-12-14-16-17-18-19-20-21-22-23-24-25-26-27-28-29-30-31-32-33-34-35-36-37-38-39-40-42-44-46-48-54(58)55-52(51-62-63(59,60)61-50-49-56(3,4)5)53(57)47-45-43-41-15-13-11-9-7-2/h13,15,17-18,20-21,45,47,52-53,57H,6-12,14,16,19,22-44,46,48-51H2,1-5H3,(H-,55,58,59,60)/b15-13+,18-17-,21-20-,47-45+. The molecule has 3 unspecified atom stereocenters.